The number of esters is 1. The number of benzene rings is 2. The number of carbonyl (C=O) groups is 1. The summed E-state index contributed by atoms with van der Waals surface area (Å²) in [5.41, 5.74) is 3.03. The van der Waals surface area contributed by atoms with E-state index in [-0.39, 0.29) is 5.97 Å². The van der Waals surface area contributed by atoms with Crippen LogP contribution in [0.2, 0.25) is 0 Å². The van der Waals surface area contributed by atoms with Gasteiger partial charge in [0.05, 0.1) is 37.8 Å². The Balaban J connectivity index is 1.55. The molecule has 0 aliphatic carbocycles. The molecule has 0 unspecified atom stereocenters. The Kier molecular flexibility index (Phi) is 16.0. The highest BCUT2D eigenvalue weighted by molar-refractivity contribution is 5.86. The van der Waals surface area contributed by atoms with Gasteiger partial charge in [-0.1, -0.05) is 25.2 Å². The van der Waals surface area contributed by atoms with Crippen molar-refractivity contribution in [2.75, 3.05) is 33.0 Å². The van der Waals surface area contributed by atoms with Crippen LogP contribution in [0.15, 0.2) is 83.1 Å². The van der Waals surface area contributed by atoms with Crippen molar-refractivity contribution >= 4 is 17.3 Å². The number of nitrogens with zero attached hydrogens (tertiary/aromatic N) is 2. The first kappa shape index (κ1) is 31.8. The van der Waals surface area contributed by atoms with Crippen molar-refractivity contribution in [3.05, 3.63) is 72.8 Å². The Bertz CT molecular complexity index is 1020. The van der Waals surface area contributed by atoms with E-state index in [2.05, 4.69) is 23.4 Å². The Morgan fingerprint density at radius 2 is 1.08 bits per heavy atom. The third-order valence-corrected chi connectivity index (χ3v) is 5.64. The first-order valence-corrected chi connectivity index (χ1v) is 13.9. The molecule has 0 saturated carbocycles. The maximum atomic E-state index is 11.3. The third kappa shape index (κ3) is 15.5. The molecule has 7 heteroatoms. The molecule has 0 N–H and O–H groups in total. The molecule has 2 aromatic rings. The van der Waals surface area contributed by atoms with E-state index in [1.807, 2.05) is 55.5 Å². The highest BCUT2D eigenvalue weighted by Crippen LogP contribution is 2.23. The van der Waals surface area contributed by atoms with Gasteiger partial charge in [0.25, 0.3) is 0 Å². The van der Waals surface area contributed by atoms with Crippen molar-refractivity contribution in [1.29, 1.82) is 0 Å². The second-order valence-electron chi connectivity index (χ2n) is 9.64. The Morgan fingerprint density at radius 1 is 0.641 bits per heavy atom. The van der Waals surface area contributed by atoms with Gasteiger partial charge in [0.15, 0.2) is 0 Å². The van der Waals surface area contributed by atoms with Gasteiger partial charge in [0, 0.05) is 12.2 Å². The number of unbranched alkanes of at least 4 members (excludes halogenated alkanes) is 6. The van der Waals surface area contributed by atoms with Gasteiger partial charge in [-0.25, -0.2) is 4.79 Å². The van der Waals surface area contributed by atoms with E-state index in [0.717, 1.165) is 86.4 Å². The van der Waals surface area contributed by atoms with Crippen LogP contribution in [-0.2, 0) is 14.3 Å². The molecular weight excluding hydrogens is 492 g/mol. The summed E-state index contributed by atoms with van der Waals surface area (Å²) in [6.45, 7) is 14.3. The lowest BCUT2D eigenvalue weighted by Crippen LogP contribution is -2.06. The van der Waals surface area contributed by atoms with Gasteiger partial charge in [-0.15, -0.1) is 0 Å². The summed E-state index contributed by atoms with van der Waals surface area (Å²) in [4.78, 5) is 11.3. The zero-order valence-corrected chi connectivity index (χ0v) is 23.7. The summed E-state index contributed by atoms with van der Waals surface area (Å²) in [6, 6.07) is 15.2. The minimum atomic E-state index is -0.321. The van der Waals surface area contributed by atoms with Gasteiger partial charge in [-0.05, 0) is 107 Å². The van der Waals surface area contributed by atoms with E-state index >= 15 is 0 Å². The molecule has 0 amide bonds. The average Bonchev–Trinajstić information content (AvgIpc) is 2.93. The fraction of sp³-hybridized carbons (Fsp3) is 0.469. The molecule has 0 spiro atoms. The van der Waals surface area contributed by atoms with E-state index in [4.69, 9.17) is 18.9 Å². The summed E-state index contributed by atoms with van der Waals surface area (Å²) in [7, 11) is 0. The van der Waals surface area contributed by atoms with Crippen LogP contribution in [0.1, 0.15) is 65.2 Å². The van der Waals surface area contributed by atoms with Gasteiger partial charge in [0.1, 0.15) is 11.5 Å². The second kappa shape index (κ2) is 19.6. The van der Waals surface area contributed by atoms with Crippen molar-refractivity contribution in [2.45, 2.75) is 65.2 Å². The van der Waals surface area contributed by atoms with Crippen molar-refractivity contribution < 1.29 is 23.7 Å². The predicted octanol–water partition coefficient (Wildman–Crippen LogP) is 8.69. The normalized spacial score (nSPS) is 10.9. The number of ether oxygens (including phenoxy) is 4. The lowest BCUT2D eigenvalue weighted by atomic mass is 10.2. The second-order valence-corrected chi connectivity index (χ2v) is 9.64. The lowest BCUT2D eigenvalue weighted by Gasteiger charge is -2.07. The molecule has 7 nitrogen and oxygen atoms in total. The number of hydrogen-bond acceptors (Lipinski definition) is 7. The van der Waals surface area contributed by atoms with E-state index in [1.165, 1.54) is 0 Å². The van der Waals surface area contributed by atoms with Gasteiger partial charge in [-0.2, -0.15) is 10.2 Å². The van der Waals surface area contributed by atoms with Crippen molar-refractivity contribution in [1.82, 2.24) is 0 Å². The molecule has 0 fully saturated rings. The van der Waals surface area contributed by atoms with Crippen LogP contribution >= 0.6 is 0 Å². The molecule has 0 aromatic heterocycles. The van der Waals surface area contributed by atoms with Crippen LogP contribution < -0.4 is 9.47 Å². The lowest BCUT2D eigenvalue weighted by molar-refractivity contribution is -0.139. The number of carbonyl (C=O) groups excluding carboxylic acids is 1. The fourth-order valence-electron chi connectivity index (χ4n) is 3.47. The predicted molar refractivity (Wildman–Crippen MR) is 156 cm³/mol. The summed E-state index contributed by atoms with van der Waals surface area (Å²) >= 11 is 0. The molecule has 0 atom stereocenters. The van der Waals surface area contributed by atoms with Gasteiger partial charge < -0.3 is 18.9 Å². The smallest absolute Gasteiger partial charge is 0.333 e. The molecule has 0 heterocycles. The molecule has 2 rings (SSSR count). The summed E-state index contributed by atoms with van der Waals surface area (Å²) < 4.78 is 22.2. The third-order valence-electron chi connectivity index (χ3n) is 5.64. The standard InChI is InChI=1S/C32H44N2O5/c1-26(2)25-36-21-9-5-6-10-22-37-30-17-13-28(14-18-30)33-34-29-15-19-31(20-16-29)38-23-11-7-8-12-24-39-32(35)27(3)4/h13-20H,1,3,5-12,21-25H2,2,4H3. The Labute approximate surface area is 233 Å². The highest BCUT2D eigenvalue weighted by atomic mass is 16.5. The van der Waals surface area contributed by atoms with E-state index in [9.17, 15) is 4.79 Å². The number of rotatable bonds is 21. The zero-order chi connectivity index (χ0) is 28.1. The van der Waals surface area contributed by atoms with Crippen molar-refractivity contribution in [3.63, 3.8) is 0 Å². The SMILES string of the molecule is C=C(C)COCCCCCCOc1ccc(N=Nc2ccc(OCCCCCCOC(=O)C(=C)C)cc2)cc1. The highest BCUT2D eigenvalue weighted by Gasteiger charge is 2.02. The van der Waals surface area contributed by atoms with Crippen LogP contribution in [0.4, 0.5) is 11.4 Å². The average molecular weight is 537 g/mol. The Morgan fingerprint density at radius 3 is 1.51 bits per heavy atom. The number of azo groups is 1. The molecule has 212 valence electrons. The van der Waals surface area contributed by atoms with E-state index < -0.39 is 0 Å². The van der Waals surface area contributed by atoms with Crippen LogP contribution in [0.5, 0.6) is 11.5 Å². The van der Waals surface area contributed by atoms with E-state index in [1.54, 1.807) is 6.92 Å². The molecule has 0 bridgehead atoms. The molecule has 0 radical (unpaired) electrons. The van der Waals surface area contributed by atoms with Gasteiger partial charge in [-0.3, -0.25) is 0 Å². The molecule has 0 aliphatic rings. The molecular formula is C32H44N2O5. The van der Waals surface area contributed by atoms with Crippen LogP contribution in [0.3, 0.4) is 0 Å². The molecule has 2 aromatic carbocycles. The molecule has 0 saturated heterocycles. The van der Waals surface area contributed by atoms with Gasteiger partial charge in [0.2, 0.25) is 0 Å². The maximum Gasteiger partial charge on any atom is 0.333 e. The quantitative estimate of drug-likeness (QED) is 0.0524. The number of hydrogen-bond donors (Lipinski definition) is 0. The first-order valence-electron chi connectivity index (χ1n) is 13.9. The Hall–Kier alpha value is -3.45. The van der Waals surface area contributed by atoms with Crippen LogP contribution in [0.25, 0.3) is 0 Å². The minimum Gasteiger partial charge on any atom is -0.494 e. The first-order chi connectivity index (χ1) is 18.9. The monoisotopic (exact) mass is 536 g/mol. The molecule has 39 heavy (non-hydrogen) atoms. The summed E-state index contributed by atoms with van der Waals surface area (Å²) in [5.74, 6) is 1.33. The van der Waals surface area contributed by atoms with Crippen LogP contribution in [-0.4, -0.2) is 39.0 Å². The minimum absolute atomic E-state index is 0.321. The van der Waals surface area contributed by atoms with Gasteiger partial charge >= 0.3 is 5.97 Å². The fourth-order valence-corrected chi connectivity index (χ4v) is 3.47. The van der Waals surface area contributed by atoms with Crippen molar-refractivity contribution in [3.8, 4) is 11.5 Å². The summed E-state index contributed by atoms with van der Waals surface area (Å²) in [5, 5.41) is 8.62. The zero-order valence-electron chi connectivity index (χ0n) is 23.7. The topological polar surface area (TPSA) is 78.7 Å². The van der Waals surface area contributed by atoms with Crippen LogP contribution in [0, 0.1) is 0 Å². The summed E-state index contributed by atoms with van der Waals surface area (Å²) in [6.07, 6.45) is 8.17. The van der Waals surface area contributed by atoms with E-state index in [0.29, 0.717) is 32.0 Å². The van der Waals surface area contributed by atoms with Crippen molar-refractivity contribution in [2.24, 2.45) is 10.2 Å². The molecule has 0 aliphatic heterocycles. The largest absolute Gasteiger partial charge is 0.494 e. The maximum absolute atomic E-state index is 11.3.